The number of rotatable bonds is 4. The van der Waals surface area contributed by atoms with E-state index >= 15 is 0 Å². The predicted octanol–water partition coefficient (Wildman–Crippen LogP) is 3.04. The highest BCUT2D eigenvalue weighted by atomic mass is 19.3. The molecule has 20 heavy (non-hydrogen) atoms. The average molecular weight is 294 g/mol. The van der Waals surface area contributed by atoms with Gasteiger partial charge in [0.15, 0.2) is 11.6 Å². The second-order valence-corrected chi connectivity index (χ2v) is 4.08. The van der Waals surface area contributed by atoms with Gasteiger partial charge in [0.05, 0.1) is 0 Å². The first kappa shape index (κ1) is 15.9. The second kappa shape index (κ2) is 5.10. The van der Waals surface area contributed by atoms with Crippen LogP contribution in [0.15, 0.2) is 0 Å². The van der Waals surface area contributed by atoms with Gasteiger partial charge >= 0.3 is 11.9 Å². The van der Waals surface area contributed by atoms with Crippen LogP contribution in [-0.2, 0) is 12.3 Å². The smallest absolute Gasteiger partial charge is 0.339 e. The molecule has 4 nitrogen and oxygen atoms in total. The lowest BCUT2D eigenvalue weighted by molar-refractivity contribution is 0.0137. The Bertz CT molecular complexity index is 590. The van der Waals surface area contributed by atoms with Gasteiger partial charge in [0.1, 0.15) is 11.1 Å². The maximum Gasteiger partial charge on any atom is 0.339 e. The van der Waals surface area contributed by atoms with Crippen LogP contribution in [0.5, 0.6) is 0 Å². The van der Waals surface area contributed by atoms with E-state index in [0.29, 0.717) is 0 Å². The summed E-state index contributed by atoms with van der Waals surface area (Å²) in [5.74, 6) is -11.9. The predicted molar refractivity (Wildman–Crippen MR) is 59.2 cm³/mol. The zero-order valence-electron chi connectivity index (χ0n) is 10.4. The number of hydrogen-bond acceptors (Lipinski definition) is 2. The first-order chi connectivity index (χ1) is 9.03. The maximum atomic E-state index is 13.6. The molecule has 8 heteroatoms. The summed E-state index contributed by atoms with van der Waals surface area (Å²) >= 11 is 0. The summed E-state index contributed by atoms with van der Waals surface area (Å²) in [6.07, 6.45) is -0.391. The van der Waals surface area contributed by atoms with Gasteiger partial charge in [-0.05, 0) is 12.0 Å². The van der Waals surface area contributed by atoms with E-state index in [9.17, 15) is 27.2 Å². The Balaban J connectivity index is 4.05. The Labute approximate surface area is 110 Å². The van der Waals surface area contributed by atoms with Gasteiger partial charge in [-0.15, -0.1) is 0 Å². The summed E-state index contributed by atoms with van der Waals surface area (Å²) in [5.41, 5.74) is -4.87. The van der Waals surface area contributed by atoms with Crippen LogP contribution in [0.1, 0.15) is 45.7 Å². The van der Waals surface area contributed by atoms with Crippen molar-refractivity contribution in [1.29, 1.82) is 0 Å². The number of carboxylic acids is 2. The maximum absolute atomic E-state index is 13.6. The lowest BCUT2D eigenvalue weighted by Crippen LogP contribution is -2.23. The van der Waals surface area contributed by atoms with Gasteiger partial charge in [-0.2, -0.15) is 0 Å². The van der Waals surface area contributed by atoms with E-state index < -0.39 is 58.2 Å². The summed E-state index contributed by atoms with van der Waals surface area (Å²) in [6.45, 7) is 1.52. The van der Waals surface area contributed by atoms with E-state index in [0.717, 1.165) is 0 Å². The Morgan fingerprint density at radius 3 is 1.75 bits per heavy atom. The Hall–Kier alpha value is -2.12. The Kier molecular flexibility index (Phi) is 4.07. The lowest BCUT2D eigenvalue weighted by atomic mass is 9.89. The molecular weight excluding hydrogens is 284 g/mol. The number of benzene rings is 1. The molecule has 1 aromatic rings. The van der Waals surface area contributed by atoms with Gasteiger partial charge in [-0.1, -0.05) is 6.92 Å². The third kappa shape index (κ3) is 2.45. The molecule has 0 aliphatic rings. The standard InChI is InChI=1S/C12H10F4O4/c1-3-4-5(10(17)18)8(13)9(14)6(11(19)20)7(4)12(2,15)16/h3H2,1-2H3,(H,17,18)(H,19,20). The van der Waals surface area contributed by atoms with E-state index in [2.05, 4.69) is 0 Å². The fraction of sp³-hybridized carbons (Fsp3) is 0.333. The van der Waals surface area contributed by atoms with Crippen molar-refractivity contribution in [1.82, 2.24) is 0 Å². The quantitative estimate of drug-likeness (QED) is 0.837. The normalized spacial score (nSPS) is 11.5. The molecule has 0 aliphatic heterocycles. The zero-order valence-corrected chi connectivity index (χ0v) is 10.4. The highest BCUT2D eigenvalue weighted by Crippen LogP contribution is 2.37. The van der Waals surface area contributed by atoms with Crippen LogP contribution in [0.2, 0.25) is 0 Å². The average Bonchev–Trinajstić information content (AvgIpc) is 2.28. The molecule has 0 amide bonds. The molecule has 0 unspecified atom stereocenters. The topological polar surface area (TPSA) is 74.6 Å². The molecule has 0 aromatic heterocycles. The molecule has 110 valence electrons. The van der Waals surface area contributed by atoms with E-state index in [1.54, 1.807) is 0 Å². The van der Waals surface area contributed by atoms with Gasteiger partial charge in [0.25, 0.3) is 5.92 Å². The summed E-state index contributed by atoms with van der Waals surface area (Å²) in [4.78, 5) is 21.8. The van der Waals surface area contributed by atoms with E-state index in [-0.39, 0.29) is 6.92 Å². The Morgan fingerprint density at radius 2 is 1.45 bits per heavy atom. The number of carboxylic acid groups (broad SMARTS) is 2. The molecule has 0 radical (unpaired) electrons. The second-order valence-electron chi connectivity index (χ2n) is 4.08. The van der Waals surface area contributed by atoms with Gasteiger partial charge < -0.3 is 10.2 Å². The fourth-order valence-electron chi connectivity index (χ4n) is 2.00. The zero-order chi connectivity index (χ0) is 15.8. The first-order valence-corrected chi connectivity index (χ1v) is 5.42. The largest absolute Gasteiger partial charge is 0.478 e. The third-order valence-corrected chi connectivity index (χ3v) is 2.71. The monoisotopic (exact) mass is 294 g/mol. The van der Waals surface area contributed by atoms with Crippen LogP contribution >= 0.6 is 0 Å². The highest BCUT2D eigenvalue weighted by Gasteiger charge is 2.39. The van der Waals surface area contributed by atoms with E-state index in [4.69, 9.17) is 10.2 Å². The number of halogens is 4. The molecule has 0 aliphatic carbocycles. The Morgan fingerprint density at radius 1 is 1.05 bits per heavy atom. The van der Waals surface area contributed by atoms with Gasteiger partial charge in [-0.25, -0.2) is 27.2 Å². The molecular formula is C12H10F4O4. The van der Waals surface area contributed by atoms with Crippen molar-refractivity contribution < 1.29 is 37.4 Å². The number of carbonyl (C=O) groups is 2. The van der Waals surface area contributed by atoms with Crippen LogP contribution in [0.3, 0.4) is 0 Å². The van der Waals surface area contributed by atoms with Gasteiger partial charge in [0.2, 0.25) is 0 Å². The summed E-state index contributed by atoms with van der Waals surface area (Å²) < 4.78 is 54.3. The molecule has 2 N–H and O–H groups in total. The van der Waals surface area contributed by atoms with Crippen LogP contribution in [0.4, 0.5) is 17.6 Å². The van der Waals surface area contributed by atoms with E-state index in [1.807, 2.05) is 0 Å². The fourth-order valence-corrected chi connectivity index (χ4v) is 2.00. The molecule has 0 bridgehead atoms. The van der Waals surface area contributed by atoms with Crippen molar-refractivity contribution in [2.75, 3.05) is 0 Å². The van der Waals surface area contributed by atoms with Crippen molar-refractivity contribution in [3.63, 3.8) is 0 Å². The molecule has 0 heterocycles. The first-order valence-electron chi connectivity index (χ1n) is 5.42. The molecule has 0 atom stereocenters. The van der Waals surface area contributed by atoms with Gasteiger partial charge in [-0.3, -0.25) is 0 Å². The van der Waals surface area contributed by atoms with Crippen molar-refractivity contribution in [3.05, 3.63) is 33.9 Å². The number of hydrogen-bond donors (Lipinski definition) is 2. The van der Waals surface area contributed by atoms with Gasteiger partial charge in [0, 0.05) is 12.5 Å². The molecule has 0 saturated carbocycles. The highest BCUT2D eigenvalue weighted by molar-refractivity contribution is 5.96. The molecule has 1 aromatic carbocycles. The number of alkyl halides is 2. The summed E-state index contributed by atoms with van der Waals surface area (Å²) in [7, 11) is 0. The van der Waals surface area contributed by atoms with Crippen molar-refractivity contribution in [2.24, 2.45) is 0 Å². The van der Waals surface area contributed by atoms with Crippen LogP contribution in [0, 0.1) is 11.6 Å². The van der Waals surface area contributed by atoms with Crippen molar-refractivity contribution >= 4 is 11.9 Å². The summed E-state index contributed by atoms with van der Waals surface area (Å²) in [5, 5.41) is 17.6. The SMILES string of the molecule is CCc1c(C(=O)O)c(F)c(F)c(C(=O)O)c1C(C)(F)F. The number of aromatic carboxylic acids is 2. The van der Waals surface area contributed by atoms with Crippen LogP contribution < -0.4 is 0 Å². The molecule has 0 spiro atoms. The lowest BCUT2D eigenvalue weighted by Gasteiger charge is -2.20. The minimum Gasteiger partial charge on any atom is -0.478 e. The summed E-state index contributed by atoms with van der Waals surface area (Å²) in [6, 6.07) is 0. The molecule has 1 rings (SSSR count). The minimum atomic E-state index is -3.84. The van der Waals surface area contributed by atoms with Crippen LogP contribution in [0.25, 0.3) is 0 Å². The van der Waals surface area contributed by atoms with E-state index in [1.165, 1.54) is 6.92 Å². The molecule has 0 saturated heterocycles. The van der Waals surface area contributed by atoms with Crippen LogP contribution in [-0.4, -0.2) is 22.2 Å². The third-order valence-electron chi connectivity index (χ3n) is 2.71. The van der Waals surface area contributed by atoms with Crippen molar-refractivity contribution in [2.45, 2.75) is 26.2 Å². The minimum absolute atomic E-state index is 0.289. The molecule has 0 fully saturated rings. The van der Waals surface area contributed by atoms with Crippen molar-refractivity contribution in [3.8, 4) is 0 Å².